The van der Waals surface area contributed by atoms with Crippen molar-refractivity contribution >= 4 is 45.0 Å². The molecule has 6 heteroatoms. The monoisotopic (exact) mass is 603 g/mol. The van der Waals surface area contributed by atoms with Crippen molar-refractivity contribution in [1.29, 1.82) is 0 Å². The fourth-order valence-corrected chi connectivity index (χ4v) is 7.35. The van der Waals surface area contributed by atoms with Crippen molar-refractivity contribution in [1.82, 2.24) is 0 Å². The van der Waals surface area contributed by atoms with E-state index in [4.69, 9.17) is 4.74 Å². The molecule has 4 aromatic carbocycles. The highest BCUT2D eigenvalue weighted by molar-refractivity contribution is 9.10. The molecule has 0 bridgehead atoms. The molecule has 0 N–H and O–H groups in total. The van der Waals surface area contributed by atoms with Crippen LogP contribution in [0.2, 0.25) is 0 Å². The number of fused-ring (bicyclic) bond motifs is 5. The Hall–Kier alpha value is -4.29. The number of ether oxygens (including phenoxy) is 1. The number of ketones is 3. The molecule has 0 amide bonds. The van der Waals surface area contributed by atoms with Crippen LogP contribution in [-0.2, 0) is 0 Å². The SMILES string of the molecule is COc1cccc(C(=O)[C@H]2[C@H](c3ccc(Br)cc3)C3(C(=O)c4ccccc4C3=O)[C@@H]3C=Cc4cc(C)ccc4N32)c1. The van der Waals surface area contributed by atoms with Crippen LogP contribution in [0.15, 0.2) is 102 Å². The molecular formula is C35H26BrNO4. The number of aryl methyl sites for hydroxylation is 1. The van der Waals surface area contributed by atoms with Gasteiger partial charge in [0.15, 0.2) is 17.3 Å². The van der Waals surface area contributed by atoms with Crippen LogP contribution < -0.4 is 9.64 Å². The first kappa shape index (κ1) is 25.7. The fourth-order valence-electron chi connectivity index (χ4n) is 7.09. The Balaban J connectivity index is 1.54. The minimum atomic E-state index is -1.52. The van der Waals surface area contributed by atoms with Crippen LogP contribution >= 0.6 is 15.9 Å². The van der Waals surface area contributed by atoms with Crippen molar-refractivity contribution in [3.8, 4) is 5.75 Å². The molecule has 4 aromatic rings. The molecule has 1 fully saturated rings. The molecule has 41 heavy (non-hydrogen) atoms. The van der Waals surface area contributed by atoms with Crippen molar-refractivity contribution in [3.05, 3.63) is 135 Å². The Morgan fingerprint density at radius 3 is 2.27 bits per heavy atom. The maximum atomic E-state index is 14.8. The third-order valence-electron chi connectivity index (χ3n) is 8.81. The van der Waals surface area contributed by atoms with E-state index in [0.29, 0.717) is 22.4 Å². The molecule has 7 rings (SSSR count). The first-order valence-electron chi connectivity index (χ1n) is 13.6. The van der Waals surface area contributed by atoms with Crippen molar-refractivity contribution in [2.45, 2.75) is 24.9 Å². The second-order valence-corrected chi connectivity index (χ2v) is 11.8. The van der Waals surface area contributed by atoms with Crippen LogP contribution in [0.3, 0.4) is 0 Å². The fraction of sp³-hybridized carbons (Fsp3) is 0.171. The maximum absolute atomic E-state index is 14.8. The zero-order chi connectivity index (χ0) is 28.5. The highest BCUT2D eigenvalue weighted by Crippen LogP contribution is 2.61. The Labute approximate surface area is 246 Å². The van der Waals surface area contributed by atoms with Crippen molar-refractivity contribution < 1.29 is 19.1 Å². The number of carbonyl (C=O) groups is 3. The van der Waals surface area contributed by atoms with Crippen LogP contribution in [0.1, 0.15) is 53.7 Å². The summed E-state index contributed by atoms with van der Waals surface area (Å²) in [5, 5.41) is 0. The molecule has 2 heterocycles. The van der Waals surface area contributed by atoms with E-state index >= 15 is 0 Å². The summed E-state index contributed by atoms with van der Waals surface area (Å²) in [4.78, 5) is 46.2. The molecule has 0 saturated carbocycles. The highest BCUT2D eigenvalue weighted by atomic mass is 79.9. The lowest BCUT2D eigenvalue weighted by Crippen LogP contribution is -2.48. The van der Waals surface area contributed by atoms with E-state index in [-0.39, 0.29) is 17.3 Å². The van der Waals surface area contributed by atoms with Gasteiger partial charge in [-0.15, -0.1) is 0 Å². The zero-order valence-electron chi connectivity index (χ0n) is 22.5. The summed E-state index contributed by atoms with van der Waals surface area (Å²) in [6.07, 6.45) is 3.94. The van der Waals surface area contributed by atoms with Gasteiger partial charge in [-0.25, -0.2) is 0 Å². The quantitative estimate of drug-likeness (QED) is 0.184. The van der Waals surface area contributed by atoms with Crippen molar-refractivity contribution in [3.63, 3.8) is 0 Å². The first-order chi connectivity index (χ1) is 19.9. The number of halogens is 1. The number of hydrogen-bond donors (Lipinski definition) is 0. The van der Waals surface area contributed by atoms with Crippen LogP contribution in [0.4, 0.5) is 5.69 Å². The number of hydrogen-bond acceptors (Lipinski definition) is 5. The summed E-state index contributed by atoms with van der Waals surface area (Å²) < 4.78 is 6.32. The predicted molar refractivity (Wildman–Crippen MR) is 162 cm³/mol. The molecule has 0 unspecified atom stereocenters. The maximum Gasteiger partial charge on any atom is 0.186 e. The predicted octanol–water partition coefficient (Wildman–Crippen LogP) is 7.08. The average molecular weight is 605 g/mol. The second kappa shape index (κ2) is 9.38. The van der Waals surface area contributed by atoms with Gasteiger partial charge in [-0.2, -0.15) is 0 Å². The molecule has 3 atom stereocenters. The van der Waals surface area contributed by atoms with Gasteiger partial charge in [0.2, 0.25) is 0 Å². The van der Waals surface area contributed by atoms with Crippen molar-refractivity contribution in [2.24, 2.45) is 5.41 Å². The van der Waals surface area contributed by atoms with Gasteiger partial charge in [-0.3, -0.25) is 14.4 Å². The van der Waals surface area contributed by atoms with Gasteiger partial charge in [0.1, 0.15) is 17.2 Å². The Kier molecular flexibility index (Phi) is 5.87. The summed E-state index contributed by atoms with van der Waals surface area (Å²) in [5.74, 6) is -0.819. The second-order valence-electron chi connectivity index (χ2n) is 10.9. The number of nitrogens with zero attached hydrogens (tertiary/aromatic N) is 1. The smallest absolute Gasteiger partial charge is 0.186 e. The highest BCUT2D eigenvalue weighted by Gasteiger charge is 2.71. The van der Waals surface area contributed by atoms with Gasteiger partial charge < -0.3 is 9.64 Å². The lowest BCUT2D eigenvalue weighted by Gasteiger charge is -2.37. The van der Waals surface area contributed by atoms with E-state index in [9.17, 15) is 14.4 Å². The van der Waals surface area contributed by atoms with Gasteiger partial charge in [0, 0.05) is 32.8 Å². The van der Waals surface area contributed by atoms with Gasteiger partial charge in [0.05, 0.1) is 13.2 Å². The molecule has 3 aliphatic rings. The number of carbonyl (C=O) groups excluding carboxylic acids is 3. The third kappa shape index (κ3) is 3.56. The van der Waals surface area contributed by atoms with Crippen LogP contribution in [0, 0.1) is 12.3 Å². The Morgan fingerprint density at radius 2 is 1.59 bits per heavy atom. The van der Waals surface area contributed by atoms with Gasteiger partial charge >= 0.3 is 0 Å². The molecule has 1 aliphatic carbocycles. The van der Waals surface area contributed by atoms with Crippen LogP contribution in [0.5, 0.6) is 5.75 Å². The zero-order valence-corrected chi connectivity index (χ0v) is 24.1. The number of benzene rings is 4. The summed E-state index contributed by atoms with van der Waals surface area (Å²) in [6.45, 7) is 2.02. The molecule has 1 saturated heterocycles. The Morgan fingerprint density at radius 1 is 0.878 bits per heavy atom. The first-order valence-corrected chi connectivity index (χ1v) is 14.3. The molecule has 202 valence electrons. The Bertz CT molecular complexity index is 1760. The van der Waals surface area contributed by atoms with Crippen LogP contribution in [-0.4, -0.2) is 36.5 Å². The van der Waals surface area contributed by atoms with Crippen LogP contribution in [0.25, 0.3) is 6.08 Å². The summed E-state index contributed by atoms with van der Waals surface area (Å²) in [5.41, 5.74) is 3.41. The molecule has 0 radical (unpaired) electrons. The van der Waals surface area contributed by atoms with E-state index < -0.39 is 23.4 Å². The third-order valence-corrected chi connectivity index (χ3v) is 9.34. The molecule has 0 aromatic heterocycles. The number of rotatable bonds is 4. The lowest BCUT2D eigenvalue weighted by atomic mass is 9.64. The van der Waals surface area contributed by atoms with E-state index in [2.05, 4.69) is 22.0 Å². The minimum absolute atomic E-state index is 0.169. The number of Topliss-reactive ketones (excluding diaryl/α,β-unsaturated/α-hetero) is 3. The largest absolute Gasteiger partial charge is 0.497 e. The minimum Gasteiger partial charge on any atom is -0.497 e. The summed E-state index contributed by atoms with van der Waals surface area (Å²) in [7, 11) is 1.57. The lowest BCUT2D eigenvalue weighted by molar-refractivity contribution is 0.0666. The van der Waals surface area contributed by atoms with Gasteiger partial charge in [-0.1, -0.05) is 88.2 Å². The van der Waals surface area contributed by atoms with Gasteiger partial charge in [-0.05, 0) is 54.4 Å². The standard InChI is InChI=1S/C35H26BrNO4/c1-20-10-16-28-22(18-20)13-17-29-35(33(39)26-8-3-4-9-27(26)34(35)40)30(21-11-14-24(36)15-12-21)31(37(28)29)32(38)23-6-5-7-25(19-23)41-2/h3-19,29-31H,1-2H3/t29-,30-,31+/m0/s1. The summed E-state index contributed by atoms with van der Waals surface area (Å²) >= 11 is 3.53. The topological polar surface area (TPSA) is 63.7 Å². The molecular weight excluding hydrogens is 578 g/mol. The molecule has 5 nitrogen and oxygen atoms in total. The normalized spacial score (nSPS) is 21.5. The number of methoxy groups -OCH3 is 1. The van der Waals surface area contributed by atoms with E-state index in [0.717, 1.165) is 26.9 Å². The number of anilines is 1. The van der Waals surface area contributed by atoms with Crippen molar-refractivity contribution in [2.75, 3.05) is 12.0 Å². The van der Waals surface area contributed by atoms with Gasteiger partial charge in [0.25, 0.3) is 0 Å². The van der Waals surface area contributed by atoms with E-state index in [1.54, 1.807) is 55.6 Å². The van der Waals surface area contributed by atoms with E-state index in [1.807, 2.05) is 60.4 Å². The van der Waals surface area contributed by atoms with E-state index in [1.165, 1.54) is 0 Å². The molecule has 1 spiro atoms. The average Bonchev–Trinajstić information content (AvgIpc) is 3.43. The summed E-state index contributed by atoms with van der Waals surface area (Å²) in [6, 6.07) is 26.4. The molecule has 2 aliphatic heterocycles.